The van der Waals surface area contributed by atoms with Crippen LogP contribution in [0.3, 0.4) is 0 Å². The molecule has 5 heteroatoms. The molecule has 84 valence electrons. The van der Waals surface area contributed by atoms with Crippen LogP contribution in [0.1, 0.15) is 25.3 Å². The van der Waals surface area contributed by atoms with Crippen molar-refractivity contribution in [2.45, 2.75) is 25.3 Å². The monoisotopic (exact) mass is 234 g/mol. The predicted octanol–water partition coefficient (Wildman–Crippen LogP) is 2.11. The van der Waals surface area contributed by atoms with E-state index in [9.17, 15) is 0 Å². The number of rotatable bonds is 1. The Labute approximate surface area is 98.7 Å². The third-order valence-corrected chi connectivity index (χ3v) is 5.08. The summed E-state index contributed by atoms with van der Waals surface area (Å²) in [4.78, 5) is 0. The van der Waals surface area contributed by atoms with Crippen molar-refractivity contribution in [1.29, 1.82) is 0 Å². The quantitative estimate of drug-likeness (QED) is 0.598. The zero-order valence-corrected chi connectivity index (χ0v) is 9.73. The van der Waals surface area contributed by atoms with Crippen LogP contribution in [0.25, 0.3) is 0 Å². The molecule has 16 heavy (non-hydrogen) atoms. The van der Waals surface area contributed by atoms with E-state index in [1.165, 1.54) is 19.3 Å². The van der Waals surface area contributed by atoms with Crippen LogP contribution >= 0.6 is 12.2 Å². The van der Waals surface area contributed by atoms with Gasteiger partial charge in [0, 0.05) is 0 Å². The van der Waals surface area contributed by atoms with Gasteiger partial charge < -0.3 is 0 Å². The molecule has 0 radical (unpaired) electrons. The Kier molecular flexibility index (Phi) is 1.72. The van der Waals surface area contributed by atoms with Gasteiger partial charge in [-0.25, -0.2) is 4.68 Å². The van der Waals surface area contributed by atoms with Gasteiger partial charge in [-0.1, -0.05) is 22.5 Å². The summed E-state index contributed by atoms with van der Waals surface area (Å²) < 4.78 is 2.61. The van der Waals surface area contributed by atoms with Crippen LogP contribution in [0.2, 0.25) is 0 Å². The second-order valence-electron chi connectivity index (χ2n) is 5.32. The number of tetrazole rings is 1. The van der Waals surface area contributed by atoms with Crippen LogP contribution in [0.15, 0.2) is 12.2 Å². The van der Waals surface area contributed by atoms with Gasteiger partial charge in [-0.2, -0.15) is 5.21 Å². The average molecular weight is 234 g/mol. The van der Waals surface area contributed by atoms with Crippen molar-refractivity contribution in [3.05, 3.63) is 16.9 Å². The van der Waals surface area contributed by atoms with Crippen molar-refractivity contribution in [3.63, 3.8) is 0 Å². The van der Waals surface area contributed by atoms with Gasteiger partial charge in [-0.15, -0.1) is 0 Å². The highest BCUT2D eigenvalue weighted by atomic mass is 32.1. The van der Waals surface area contributed by atoms with Crippen molar-refractivity contribution in [3.8, 4) is 0 Å². The van der Waals surface area contributed by atoms with E-state index in [0.29, 0.717) is 10.8 Å². The molecule has 1 aromatic rings. The number of hydrogen-bond acceptors (Lipinski definition) is 3. The third-order valence-electron chi connectivity index (χ3n) is 4.80. The SMILES string of the molecule is S=c1nn[nH]n1[C@@H]1C[C@@H]2C[C@H]1[C@H]1C=CC[C@@H]21. The van der Waals surface area contributed by atoms with Crippen molar-refractivity contribution in [2.24, 2.45) is 23.7 Å². The lowest BCUT2D eigenvalue weighted by atomic mass is 9.79. The smallest absolute Gasteiger partial charge is 0.238 e. The maximum Gasteiger partial charge on any atom is 0.238 e. The van der Waals surface area contributed by atoms with E-state index < -0.39 is 0 Å². The Morgan fingerprint density at radius 2 is 2.31 bits per heavy atom. The molecule has 5 atom stereocenters. The first-order chi connectivity index (χ1) is 7.84. The van der Waals surface area contributed by atoms with E-state index in [0.717, 1.165) is 23.7 Å². The minimum Gasteiger partial charge on any atom is -0.239 e. The standard InChI is InChI=1S/C11H14N4S/c16-11-12-13-14-15(11)10-5-6-4-9(10)8-3-1-2-7(6)8/h1,3,6-10H,2,4-5H2,(H,12,14,16)/t6-,7-,8-,9-,10+/m0/s1. The Balaban J connectivity index is 1.72. The molecule has 0 saturated heterocycles. The van der Waals surface area contributed by atoms with E-state index in [1.807, 2.05) is 4.68 Å². The summed E-state index contributed by atoms with van der Waals surface area (Å²) in [5.41, 5.74) is 0. The van der Waals surface area contributed by atoms with Crippen LogP contribution in [0.5, 0.6) is 0 Å². The number of nitrogens with zero attached hydrogens (tertiary/aromatic N) is 3. The van der Waals surface area contributed by atoms with Crippen LogP contribution in [-0.2, 0) is 0 Å². The van der Waals surface area contributed by atoms with Gasteiger partial charge in [0.05, 0.1) is 6.04 Å². The highest BCUT2D eigenvalue weighted by Gasteiger charge is 2.53. The Morgan fingerprint density at radius 3 is 3.12 bits per heavy atom. The molecule has 4 nitrogen and oxygen atoms in total. The summed E-state index contributed by atoms with van der Waals surface area (Å²) in [7, 11) is 0. The van der Waals surface area contributed by atoms with Gasteiger partial charge in [-0.3, -0.25) is 0 Å². The van der Waals surface area contributed by atoms with Crippen LogP contribution in [0.4, 0.5) is 0 Å². The zero-order chi connectivity index (χ0) is 10.7. The van der Waals surface area contributed by atoms with E-state index in [2.05, 4.69) is 27.7 Å². The van der Waals surface area contributed by atoms with Crippen LogP contribution < -0.4 is 0 Å². The fourth-order valence-electron chi connectivity index (χ4n) is 4.23. The Bertz CT molecular complexity index is 502. The number of fused-ring (bicyclic) bond motifs is 5. The van der Waals surface area contributed by atoms with Gasteiger partial charge in [0.1, 0.15) is 0 Å². The molecule has 0 unspecified atom stereocenters. The fraction of sp³-hybridized carbons (Fsp3) is 0.727. The topological polar surface area (TPSA) is 46.5 Å². The average Bonchev–Trinajstić information content (AvgIpc) is 2.97. The molecule has 0 amide bonds. The maximum atomic E-state index is 5.20. The molecular formula is C11H14N4S. The van der Waals surface area contributed by atoms with Crippen molar-refractivity contribution in [2.75, 3.05) is 0 Å². The first kappa shape index (κ1) is 9.10. The number of hydrogen-bond donors (Lipinski definition) is 1. The number of aromatic nitrogens is 4. The molecular weight excluding hydrogens is 220 g/mol. The zero-order valence-electron chi connectivity index (χ0n) is 8.91. The van der Waals surface area contributed by atoms with Crippen LogP contribution in [-0.4, -0.2) is 20.2 Å². The first-order valence-corrected chi connectivity index (χ1v) is 6.41. The number of nitrogens with one attached hydrogen (secondary N) is 1. The molecule has 2 bridgehead atoms. The normalized spacial score (nSPS) is 44.1. The highest BCUT2D eigenvalue weighted by Crippen LogP contribution is 2.60. The van der Waals surface area contributed by atoms with Crippen LogP contribution in [0, 0.1) is 28.4 Å². The minimum atomic E-state index is 0.511. The van der Waals surface area contributed by atoms with Crippen molar-refractivity contribution in [1.82, 2.24) is 20.2 Å². The minimum absolute atomic E-state index is 0.511. The number of aromatic amines is 1. The Hall–Kier alpha value is -0.970. The van der Waals surface area contributed by atoms with E-state index >= 15 is 0 Å². The molecule has 0 aromatic carbocycles. The molecule has 0 aliphatic heterocycles. The predicted molar refractivity (Wildman–Crippen MR) is 61.2 cm³/mol. The number of allylic oxidation sites excluding steroid dienone is 2. The van der Waals surface area contributed by atoms with E-state index in [-0.39, 0.29) is 0 Å². The van der Waals surface area contributed by atoms with E-state index in [1.54, 1.807) is 0 Å². The molecule has 1 aromatic heterocycles. The lowest BCUT2D eigenvalue weighted by Crippen LogP contribution is -2.27. The summed E-state index contributed by atoms with van der Waals surface area (Å²) in [6.45, 7) is 0. The fourth-order valence-corrected chi connectivity index (χ4v) is 4.44. The van der Waals surface area contributed by atoms with Gasteiger partial charge in [0.15, 0.2) is 0 Å². The van der Waals surface area contributed by atoms with Gasteiger partial charge in [0.2, 0.25) is 4.77 Å². The van der Waals surface area contributed by atoms with Crippen molar-refractivity contribution < 1.29 is 0 Å². The first-order valence-electron chi connectivity index (χ1n) is 6.01. The molecule has 1 heterocycles. The third kappa shape index (κ3) is 1.02. The summed E-state index contributed by atoms with van der Waals surface area (Å²) in [5, 5.41) is 10.6. The lowest BCUT2D eigenvalue weighted by molar-refractivity contribution is 0.199. The second-order valence-corrected chi connectivity index (χ2v) is 5.69. The van der Waals surface area contributed by atoms with Gasteiger partial charge >= 0.3 is 0 Å². The summed E-state index contributed by atoms with van der Waals surface area (Å²) in [6.07, 6.45) is 8.71. The van der Waals surface area contributed by atoms with Gasteiger partial charge in [0.25, 0.3) is 0 Å². The maximum absolute atomic E-state index is 5.20. The molecule has 4 rings (SSSR count). The summed E-state index contributed by atoms with van der Waals surface area (Å²) in [6, 6.07) is 0.511. The van der Waals surface area contributed by atoms with Gasteiger partial charge in [-0.05, 0) is 55.2 Å². The number of H-pyrrole nitrogens is 1. The molecule has 0 spiro atoms. The molecule has 3 aliphatic rings. The molecule has 2 saturated carbocycles. The molecule has 1 N–H and O–H groups in total. The second kappa shape index (κ2) is 3.03. The summed E-state index contributed by atoms with van der Waals surface area (Å²) >= 11 is 5.20. The van der Waals surface area contributed by atoms with E-state index in [4.69, 9.17) is 12.2 Å². The lowest BCUT2D eigenvalue weighted by Gasteiger charge is -2.31. The largest absolute Gasteiger partial charge is 0.239 e. The molecule has 2 fully saturated rings. The Morgan fingerprint density at radius 1 is 1.38 bits per heavy atom. The highest BCUT2D eigenvalue weighted by molar-refractivity contribution is 7.71. The molecule has 3 aliphatic carbocycles. The summed E-state index contributed by atoms with van der Waals surface area (Å²) in [5.74, 6) is 3.35. The van der Waals surface area contributed by atoms with Crippen molar-refractivity contribution >= 4 is 12.2 Å².